The van der Waals surface area contributed by atoms with E-state index in [-0.39, 0.29) is 55.8 Å². The topological polar surface area (TPSA) is 285 Å². The van der Waals surface area contributed by atoms with Gasteiger partial charge >= 0.3 is 0 Å². The van der Waals surface area contributed by atoms with E-state index in [1.807, 2.05) is 61.5 Å². The van der Waals surface area contributed by atoms with Crippen molar-refractivity contribution < 1.29 is 57.8 Å². The molecule has 2 aromatic rings. The van der Waals surface area contributed by atoms with E-state index in [1.165, 1.54) is 117 Å². The Kier molecular flexibility index (Phi) is 37.6. The van der Waals surface area contributed by atoms with Gasteiger partial charge < -0.3 is 70.5 Å². The molecule has 596 valence electrons. The number of para-hydroxylation sites is 2. The molecule has 0 radical (unpaired) electrons. The van der Waals surface area contributed by atoms with Gasteiger partial charge in [-0.1, -0.05) is 145 Å². The number of benzene rings is 2. The van der Waals surface area contributed by atoms with Gasteiger partial charge in [0, 0.05) is 67.3 Å². The van der Waals surface area contributed by atoms with Crippen LogP contribution in [0.2, 0.25) is 0 Å². The van der Waals surface area contributed by atoms with Crippen molar-refractivity contribution in [2.45, 2.75) is 242 Å². The molecule has 11 amide bonds. The fraction of sp³-hybridized carbons (Fsp3) is 0.691. The van der Waals surface area contributed by atoms with E-state index in [0.29, 0.717) is 6.42 Å². The number of hydrogen-bond acceptors (Lipinski definition) is 14. The summed E-state index contributed by atoms with van der Waals surface area (Å²) in [6.45, 7) is 31.5. The number of carbonyl (C=O) groups is 11. The van der Waals surface area contributed by atoms with Crippen LogP contribution in [0.4, 0.5) is 11.4 Å². The average molecular weight is 1480 g/mol. The first kappa shape index (κ1) is 92.3. The molecule has 1 fully saturated rings. The molecule has 0 aromatic heterocycles. The van der Waals surface area contributed by atoms with Crippen molar-refractivity contribution in [2.24, 2.45) is 41.4 Å². The van der Waals surface area contributed by atoms with Crippen molar-refractivity contribution >= 4 is 76.4 Å². The third kappa shape index (κ3) is 25.9. The van der Waals surface area contributed by atoms with E-state index in [0.717, 1.165) is 35.7 Å². The number of carbonyl (C=O) groups excluding carboxylic acids is 11. The first-order valence-electron chi connectivity index (χ1n) is 38.4. The number of aliphatic hydroxyl groups excluding tert-OH is 1. The number of aliphatic hydroxyl groups is 1. The van der Waals surface area contributed by atoms with E-state index in [1.54, 1.807) is 54.5 Å². The van der Waals surface area contributed by atoms with Crippen molar-refractivity contribution in [3.8, 4) is 0 Å². The maximum absolute atomic E-state index is 15.1. The van der Waals surface area contributed by atoms with Crippen molar-refractivity contribution in [1.29, 1.82) is 0 Å². The fourth-order valence-electron chi connectivity index (χ4n) is 13.8. The van der Waals surface area contributed by atoms with Crippen molar-refractivity contribution in [1.82, 2.24) is 60.5 Å². The second-order valence-corrected chi connectivity index (χ2v) is 32.2. The maximum atomic E-state index is 15.1. The minimum Gasteiger partial charge on any atom is -0.390 e. The summed E-state index contributed by atoms with van der Waals surface area (Å²) >= 11 is 0. The molecule has 0 unspecified atom stereocenters. The molecule has 0 bridgehead atoms. The number of amides is 11. The number of nitrogens with zero attached hydrogens (tertiary/aromatic N) is 9. The van der Waals surface area contributed by atoms with Gasteiger partial charge in [0.2, 0.25) is 65.0 Å². The average Bonchev–Trinajstić information content (AvgIpc) is 1.41. The summed E-state index contributed by atoms with van der Waals surface area (Å²) in [7, 11) is 14.2. The molecule has 0 aliphatic carbocycles. The summed E-state index contributed by atoms with van der Waals surface area (Å²) in [6, 6.07) is 5.41. The zero-order valence-electron chi connectivity index (χ0n) is 69.1. The molecular formula is C81H135N13O12. The largest absolute Gasteiger partial charge is 0.390 e. The number of aryl methyl sites for hydroxylation is 2. The molecule has 12 atom stereocenters. The van der Waals surface area contributed by atoms with Gasteiger partial charge in [0.05, 0.1) is 12.6 Å². The standard InChI is InChI=1S/C62H111N11O12.C19H24N2/c1-25-27-28-40(15)52(75)51-56(79)65-43(26-2)58(81)67(18)33-48(74)68(19)44(29-34(3)4)55(78)66-49(38(11)12)61(84)69(20)45(30-35(5)6)54(77)63-41(16)53(76)64-42(17)57(80)70(21)46(31-36(7)8)59(82)71(22)47(32-37(9)10)60(83)72(23)50(39(13)14)62(85)73(51)24;1-20(2)14-7-15-21-18-10-5-3-8-16(18)12-13-17-9-4-6-11-19(17)21/h25,27,34-47,49-52,75H,26,28-33H2,1-24H3,(H,63,77)(H,64,76)(H,65,79)(H,66,78);3-6,8-11H,7,12-15H2,1-2H3/b27-25+;/t40-,41+,42-,43+,44+,45+,46+,47+,49+,50+,51+,52-;/m1./s1. The number of rotatable bonds is 19. The Labute approximate surface area is 635 Å². The minimum absolute atomic E-state index is 0.0229. The van der Waals surface area contributed by atoms with Gasteiger partial charge in [-0.2, -0.15) is 0 Å². The van der Waals surface area contributed by atoms with Gasteiger partial charge in [0.1, 0.15) is 60.4 Å². The summed E-state index contributed by atoms with van der Waals surface area (Å²) in [5.74, 6) is -9.71. The number of hydrogen-bond donors (Lipinski definition) is 5. The smallest absolute Gasteiger partial charge is 0.246 e. The van der Waals surface area contributed by atoms with Gasteiger partial charge in [-0.3, -0.25) is 52.7 Å². The van der Waals surface area contributed by atoms with Crippen LogP contribution >= 0.6 is 0 Å². The molecule has 2 heterocycles. The van der Waals surface area contributed by atoms with Crippen molar-refractivity contribution in [3.63, 3.8) is 0 Å². The lowest BCUT2D eigenvalue weighted by atomic mass is 9.91. The summed E-state index contributed by atoms with van der Waals surface area (Å²) in [5, 5.41) is 23.1. The van der Waals surface area contributed by atoms with E-state index >= 15 is 9.59 Å². The second kappa shape index (κ2) is 43.2. The molecule has 0 spiro atoms. The van der Waals surface area contributed by atoms with Crippen LogP contribution in [0, 0.1) is 41.4 Å². The van der Waals surface area contributed by atoms with Gasteiger partial charge in [-0.25, -0.2) is 0 Å². The highest BCUT2D eigenvalue weighted by molar-refractivity contribution is 5.99. The predicted octanol–water partition coefficient (Wildman–Crippen LogP) is 7.14. The third-order valence-corrected chi connectivity index (χ3v) is 20.3. The number of nitrogens with one attached hydrogen (secondary N) is 4. The molecule has 5 N–H and O–H groups in total. The first-order chi connectivity index (χ1) is 49.5. The Morgan fingerprint density at radius 1 is 0.491 bits per heavy atom. The number of likely N-dealkylation sites (N-methyl/N-ethyl adjacent to an activating group) is 7. The maximum Gasteiger partial charge on any atom is 0.246 e. The normalized spacial score (nSPS) is 24.3. The van der Waals surface area contributed by atoms with E-state index in [4.69, 9.17) is 0 Å². The van der Waals surface area contributed by atoms with Crippen LogP contribution in [0.3, 0.4) is 0 Å². The SMILES string of the molecule is C/C=C/C[C@@H](C)[C@@H](O)[C@H]1C(=O)N[C@@H](CC)C(=O)N(C)CC(=O)N(C)[C@@H](CC(C)C)C(=O)N[C@@H](C(C)C)C(=O)N(C)[C@@H](CC(C)C)C(=O)N[C@@H](C)C(=O)N[C@H](C)C(=O)N(C)[C@@H](CC(C)C)C(=O)N(C)[C@@H](CC(C)C)C(=O)N(C)[C@@H](C(C)C)C(=O)N1C.CN(C)CCCN1c2ccccc2CCc2ccccc21. The zero-order valence-corrected chi connectivity index (χ0v) is 69.1. The fourth-order valence-corrected chi connectivity index (χ4v) is 13.8. The van der Waals surface area contributed by atoms with Crippen LogP contribution in [-0.4, -0.2) is 259 Å². The Hall–Kier alpha value is -7.93. The predicted molar refractivity (Wildman–Crippen MR) is 419 cm³/mol. The van der Waals surface area contributed by atoms with Crippen LogP contribution in [0.1, 0.15) is 174 Å². The summed E-state index contributed by atoms with van der Waals surface area (Å²) in [4.78, 5) is 173. The number of anilines is 2. The molecule has 25 nitrogen and oxygen atoms in total. The molecule has 0 saturated carbocycles. The molecular weight excluding hydrogens is 1350 g/mol. The monoisotopic (exact) mass is 1480 g/mol. The van der Waals surface area contributed by atoms with E-state index < -0.39 is 156 Å². The lowest BCUT2D eigenvalue weighted by molar-refractivity contribution is -0.157. The highest BCUT2D eigenvalue weighted by atomic mass is 16.3. The molecule has 25 heteroatoms. The van der Waals surface area contributed by atoms with Crippen LogP contribution in [0.25, 0.3) is 0 Å². The molecule has 106 heavy (non-hydrogen) atoms. The van der Waals surface area contributed by atoms with Gasteiger partial charge in [0.15, 0.2) is 0 Å². The van der Waals surface area contributed by atoms with Crippen molar-refractivity contribution in [3.05, 3.63) is 71.8 Å². The zero-order chi connectivity index (χ0) is 80.6. The lowest BCUT2D eigenvalue weighted by Crippen LogP contribution is -2.63. The molecule has 2 aromatic carbocycles. The van der Waals surface area contributed by atoms with Crippen LogP contribution < -0.4 is 26.2 Å². The van der Waals surface area contributed by atoms with Crippen molar-refractivity contribution in [2.75, 3.05) is 88.0 Å². The Morgan fingerprint density at radius 3 is 1.39 bits per heavy atom. The Bertz CT molecular complexity index is 3230. The number of allylic oxidation sites excluding steroid dienone is 2. The molecule has 2 aliphatic rings. The van der Waals surface area contributed by atoms with E-state index in [2.05, 4.69) is 93.7 Å². The summed E-state index contributed by atoms with van der Waals surface area (Å²) in [6.07, 6.45) is 6.49. The molecule has 1 saturated heterocycles. The Balaban J connectivity index is 0.00000117. The molecule has 2 aliphatic heterocycles. The minimum atomic E-state index is -1.61. The summed E-state index contributed by atoms with van der Waals surface area (Å²) < 4.78 is 0. The summed E-state index contributed by atoms with van der Waals surface area (Å²) in [5.41, 5.74) is 5.72. The third-order valence-electron chi connectivity index (χ3n) is 20.3. The number of fused-ring (bicyclic) bond motifs is 2. The highest BCUT2D eigenvalue weighted by Crippen LogP contribution is 2.36. The van der Waals surface area contributed by atoms with E-state index in [9.17, 15) is 48.3 Å². The first-order valence-corrected chi connectivity index (χ1v) is 38.4. The molecule has 4 rings (SSSR count). The van der Waals surface area contributed by atoms with Gasteiger partial charge in [0.25, 0.3) is 0 Å². The Morgan fingerprint density at radius 2 is 0.925 bits per heavy atom. The van der Waals surface area contributed by atoms with Gasteiger partial charge in [-0.05, 0) is 164 Å². The van der Waals surface area contributed by atoms with Crippen LogP contribution in [0.15, 0.2) is 60.7 Å². The highest BCUT2D eigenvalue weighted by Gasteiger charge is 2.46. The second-order valence-electron chi connectivity index (χ2n) is 32.2. The van der Waals surface area contributed by atoms with Crippen LogP contribution in [0.5, 0.6) is 0 Å². The van der Waals surface area contributed by atoms with Gasteiger partial charge in [-0.15, -0.1) is 0 Å². The quantitative estimate of drug-likeness (QED) is 0.0874. The van der Waals surface area contributed by atoms with Crippen LogP contribution in [-0.2, 0) is 65.6 Å². The lowest BCUT2D eigenvalue weighted by Gasteiger charge is -2.41.